The molecule has 230 valence electrons. The maximum absolute atomic E-state index is 12.3. The molecule has 0 saturated carbocycles. The summed E-state index contributed by atoms with van der Waals surface area (Å²) in [6.45, 7) is 8.71. The van der Waals surface area contributed by atoms with Gasteiger partial charge in [-0.1, -0.05) is 56.9 Å². The summed E-state index contributed by atoms with van der Waals surface area (Å²) in [4.78, 5) is 21.9. The van der Waals surface area contributed by atoms with Crippen LogP contribution in [0.2, 0.25) is 0 Å². The molecule has 3 heterocycles. The molecule has 6 nitrogen and oxygen atoms in total. The van der Waals surface area contributed by atoms with E-state index in [0.717, 1.165) is 88.8 Å². The molecule has 1 unspecified atom stereocenters. The molecule has 1 fully saturated rings. The summed E-state index contributed by atoms with van der Waals surface area (Å²) in [7, 11) is 0. The summed E-state index contributed by atoms with van der Waals surface area (Å²) in [5.41, 5.74) is 2.23. The van der Waals surface area contributed by atoms with Gasteiger partial charge in [-0.05, 0) is 74.4 Å². The molecule has 0 N–H and O–H groups in total. The number of unbranched alkanes of at least 4 members (excludes halogenated alkanes) is 4. The Kier molecular flexibility index (Phi) is 12.2. The standard InChI is InChI=1S/C36H47N3O3S/c1-2-3-13-30(14-5-4-6-18-36(40)42-35-20-19-29-12-7-8-15-32(29)37-35)41-27-10-9-22-38-23-25-39(26-24-38)33-16-11-17-34-31(33)21-28-43-34/h7-8,11-12,15-17,19-21,28,30H,2-6,9-10,13-14,18,22-27H2,1H3. The van der Waals surface area contributed by atoms with Crippen LogP contribution in [-0.2, 0) is 9.53 Å². The van der Waals surface area contributed by atoms with Gasteiger partial charge in [0.05, 0.1) is 11.6 Å². The highest BCUT2D eigenvalue weighted by atomic mass is 32.1. The van der Waals surface area contributed by atoms with Crippen molar-refractivity contribution in [3.63, 3.8) is 0 Å². The number of nitrogens with zero attached hydrogens (tertiary/aromatic N) is 3. The summed E-state index contributed by atoms with van der Waals surface area (Å²) in [5.74, 6) is 0.175. The smallest absolute Gasteiger partial charge is 0.312 e. The molecule has 4 aromatic rings. The van der Waals surface area contributed by atoms with E-state index in [-0.39, 0.29) is 5.97 Å². The Labute approximate surface area is 261 Å². The highest BCUT2D eigenvalue weighted by Gasteiger charge is 2.19. The average Bonchev–Trinajstić information content (AvgIpc) is 3.52. The molecule has 0 amide bonds. The van der Waals surface area contributed by atoms with Crippen molar-refractivity contribution in [1.29, 1.82) is 0 Å². The number of hydrogen-bond acceptors (Lipinski definition) is 7. The fraction of sp³-hybridized carbons (Fsp3) is 0.500. The molecule has 0 bridgehead atoms. The van der Waals surface area contributed by atoms with E-state index in [2.05, 4.69) is 51.4 Å². The summed E-state index contributed by atoms with van der Waals surface area (Å²) in [6.07, 6.45) is 10.6. The predicted octanol–water partition coefficient (Wildman–Crippen LogP) is 8.48. The molecule has 2 aromatic heterocycles. The third kappa shape index (κ3) is 9.49. The summed E-state index contributed by atoms with van der Waals surface area (Å²) < 4.78 is 13.2. The van der Waals surface area contributed by atoms with E-state index in [0.29, 0.717) is 18.4 Å². The zero-order chi connectivity index (χ0) is 29.7. The van der Waals surface area contributed by atoms with Crippen molar-refractivity contribution in [2.24, 2.45) is 0 Å². The number of thiophene rings is 1. The second kappa shape index (κ2) is 16.7. The largest absolute Gasteiger partial charge is 0.407 e. The Morgan fingerprint density at radius 2 is 1.74 bits per heavy atom. The fourth-order valence-corrected chi connectivity index (χ4v) is 6.79. The van der Waals surface area contributed by atoms with Crippen LogP contribution in [0.4, 0.5) is 5.69 Å². The second-order valence-electron chi connectivity index (χ2n) is 11.7. The lowest BCUT2D eigenvalue weighted by Gasteiger charge is -2.36. The number of ether oxygens (including phenoxy) is 2. The van der Waals surface area contributed by atoms with Gasteiger partial charge in [0.25, 0.3) is 0 Å². The summed E-state index contributed by atoms with van der Waals surface area (Å²) in [5, 5.41) is 4.64. The fourth-order valence-electron chi connectivity index (χ4n) is 5.99. The third-order valence-electron chi connectivity index (χ3n) is 8.49. The molecule has 43 heavy (non-hydrogen) atoms. The molecular weight excluding hydrogens is 554 g/mol. The number of anilines is 1. The highest BCUT2D eigenvalue weighted by molar-refractivity contribution is 7.17. The van der Waals surface area contributed by atoms with Gasteiger partial charge in [0.1, 0.15) is 0 Å². The zero-order valence-electron chi connectivity index (χ0n) is 25.7. The molecule has 1 aliphatic heterocycles. The zero-order valence-corrected chi connectivity index (χ0v) is 26.5. The van der Waals surface area contributed by atoms with Crippen LogP contribution < -0.4 is 9.64 Å². The second-order valence-corrected chi connectivity index (χ2v) is 12.6. The lowest BCUT2D eigenvalue weighted by atomic mass is 10.0. The van der Waals surface area contributed by atoms with Crippen LogP contribution in [-0.4, -0.2) is 61.3 Å². The molecule has 0 aliphatic carbocycles. The first-order valence-corrected chi connectivity index (χ1v) is 17.2. The Hall–Kier alpha value is -3.00. The van der Waals surface area contributed by atoms with Crippen molar-refractivity contribution >= 4 is 44.0 Å². The van der Waals surface area contributed by atoms with Gasteiger partial charge < -0.3 is 14.4 Å². The van der Waals surface area contributed by atoms with Crippen LogP contribution in [0.1, 0.15) is 71.1 Å². The minimum atomic E-state index is -0.206. The van der Waals surface area contributed by atoms with E-state index in [4.69, 9.17) is 9.47 Å². The molecule has 7 heteroatoms. The Morgan fingerprint density at radius 3 is 2.63 bits per heavy atom. The molecule has 0 radical (unpaired) electrons. The van der Waals surface area contributed by atoms with E-state index in [1.54, 1.807) is 6.07 Å². The number of esters is 1. The SMILES string of the molecule is CCCCC(CCCCCC(=O)Oc1ccc2ccccc2n1)OCCCCN1CCN(c2cccc3sccc23)CC1. The van der Waals surface area contributed by atoms with Crippen LogP contribution in [0.5, 0.6) is 5.88 Å². The molecular formula is C36H47N3O3S. The minimum absolute atomic E-state index is 0.206. The number of carbonyl (C=O) groups excluding carboxylic acids is 1. The van der Waals surface area contributed by atoms with Crippen molar-refractivity contribution in [3.8, 4) is 5.88 Å². The molecule has 5 rings (SSSR count). The molecule has 1 aliphatic rings. The Balaban J connectivity index is 0.925. The maximum Gasteiger partial charge on any atom is 0.312 e. The predicted molar refractivity (Wildman–Crippen MR) is 179 cm³/mol. The first kappa shape index (κ1) is 31.4. The number of benzene rings is 2. The van der Waals surface area contributed by atoms with Crippen molar-refractivity contribution in [1.82, 2.24) is 9.88 Å². The third-order valence-corrected chi connectivity index (χ3v) is 9.37. The van der Waals surface area contributed by atoms with Gasteiger partial charge >= 0.3 is 5.97 Å². The highest BCUT2D eigenvalue weighted by Crippen LogP contribution is 2.31. The van der Waals surface area contributed by atoms with Gasteiger partial charge in [-0.2, -0.15) is 0 Å². The lowest BCUT2D eigenvalue weighted by molar-refractivity contribution is -0.134. The van der Waals surface area contributed by atoms with Crippen molar-refractivity contribution in [2.45, 2.75) is 77.2 Å². The molecule has 2 aromatic carbocycles. The van der Waals surface area contributed by atoms with Gasteiger partial charge in [-0.15, -0.1) is 11.3 Å². The summed E-state index contributed by atoms with van der Waals surface area (Å²) in [6, 6.07) is 20.5. The molecule has 1 saturated heterocycles. The van der Waals surface area contributed by atoms with Crippen molar-refractivity contribution in [2.75, 3.05) is 44.2 Å². The minimum Gasteiger partial charge on any atom is -0.407 e. The lowest BCUT2D eigenvalue weighted by Crippen LogP contribution is -2.46. The van der Waals surface area contributed by atoms with Crippen molar-refractivity contribution < 1.29 is 14.3 Å². The van der Waals surface area contributed by atoms with Crippen LogP contribution in [0.15, 0.2) is 66.0 Å². The van der Waals surface area contributed by atoms with Gasteiger partial charge in [0.2, 0.25) is 5.88 Å². The quantitative estimate of drug-likeness (QED) is 0.0894. The summed E-state index contributed by atoms with van der Waals surface area (Å²) >= 11 is 1.83. The van der Waals surface area contributed by atoms with Crippen LogP contribution in [0, 0.1) is 0 Å². The van der Waals surface area contributed by atoms with Gasteiger partial charge in [0.15, 0.2) is 0 Å². The van der Waals surface area contributed by atoms with E-state index >= 15 is 0 Å². The average molecular weight is 602 g/mol. The van der Waals surface area contributed by atoms with E-state index in [9.17, 15) is 4.79 Å². The van der Waals surface area contributed by atoms with Crippen LogP contribution in [0.25, 0.3) is 21.0 Å². The number of piperazine rings is 1. The van der Waals surface area contributed by atoms with E-state index in [1.165, 1.54) is 35.0 Å². The molecule has 1 atom stereocenters. The Morgan fingerprint density at radius 1 is 0.884 bits per heavy atom. The monoisotopic (exact) mass is 601 g/mol. The van der Waals surface area contributed by atoms with Gasteiger partial charge in [-0.3, -0.25) is 9.69 Å². The number of aromatic nitrogens is 1. The first-order chi connectivity index (χ1) is 21.2. The number of carbonyl (C=O) groups is 1. The number of hydrogen-bond donors (Lipinski definition) is 0. The number of rotatable bonds is 17. The van der Waals surface area contributed by atoms with E-state index < -0.39 is 0 Å². The number of para-hydroxylation sites is 1. The topological polar surface area (TPSA) is 54.9 Å². The number of fused-ring (bicyclic) bond motifs is 2. The van der Waals surface area contributed by atoms with Crippen LogP contribution >= 0.6 is 11.3 Å². The van der Waals surface area contributed by atoms with Gasteiger partial charge in [-0.25, -0.2) is 4.98 Å². The van der Waals surface area contributed by atoms with Crippen molar-refractivity contribution in [3.05, 3.63) is 66.0 Å². The first-order valence-electron chi connectivity index (χ1n) is 16.3. The maximum atomic E-state index is 12.3. The Bertz CT molecular complexity index is 1420. The normalized spacial score (nSPS) is 14.9. The van der Waals surface area contributed by atoms with E-state index in [1.807, 2.05) is 41.7 Å². The van der Waals surface area contributed by atoms with Crippen LogP contribution in [0.3, 0.4) is 0 Å². The molecule has 0 spiro atoms. The number of pyridine rings is 1. The van der Waals surface area contributed by atoms with Gasteiger partial charge in [0, 0.05) is 66.4 Å².